The zero-order chi connectivity index (χ0) is 13.2. The molecule has 0 aromatic heterocycles. The Morgan fingerprint density at radius 1 is 1.28 bits per heavy atom. The molecule has 0 bridgehead atoms. The van der Waals surface area contributed by atoms with Gasteiger partial charge < -0.3 is 14.8 Å². The van der Waals surface area contributed by atoms with Gasteiger partial charge in [0.15, 0.2) is 5.79 Å². The van der Waals surface area contributed by atoms with Crippen molar-refractivity contribution in [2.24, 2.45) is 0 Å². The SMILES string of the molecule is Cc1cccc([C@H](C)NC2COC(C)(C)OC2)c1. The standard InChI is InChI=1S/C15H23NO2/c1-11-6-5-7-13(8-11)12(2)16-14-9-17-15(3,4)18-10-14/h5-8,12,14,16H,9-10H2,1-4H3/t12-/m0/s1. The highest BCUT2D eigenvalue weighted by atomic mass is 16.7. The van der Waals surface area contributed by atoms with Crippen LogP contribution >= 0.6 is 0 Å². The molecule has 100 valence electrons. The maximum Gasteiger partial charge on any atom is 0.162 e. The molecule has 1 N–H and O–H groups in total. The lowest BCUT2D eigenvalue weighted by molar-refractivity contribution is -0.253. The molecule has 0 saturated carbocycles. The summed E-state index contributed by atoms with van der Waals surface area (Å²) >= 11 is 0. The molecule has 0 amide bonds. The topological polar surface area (TPSA) is 30.5 Å². The number of rotatable bonds is 3. The average molecular weight is 249 g/mol. The van der Waals surface area contributed by atoms with Gasteiger partial charge in [-0.2, -0.15) is 0 Å². The Kier molecular flexibility index (Phi) is 4.05. The van der Waals surface area contributed by atoms with Crippen molar-refractivity contribution in [3.05, 3.63) is 35.4 Å². The summed E-state index contributed by atoms with van der Waals surface area (Å²) in [5, 5.41) is 3.55. The Hall–Kier alpha value is -0.900. The van der Waals surface area contributed by atoms with Crippen LogP contribution in [0.15, 0.2) is 24.3 Å². The summed E-state index contributed by atoms with van der Waals surface area (Å²) in [4.78, 5) is 0. The molecule has 0 spiro atoms. The van der Waals surface area contributed by atoms with Gasteiger partial charge in [0.05, 0.1) is 19.3 Å². The molecule has 1 aliphatic heterocycles. The van der Waals surface area contributed by atoms with Crippen LogP contribution in [0.3, 0.4) is 0 Å². The minimum absolute atomic E-state index is 0.258. The molecule has 1 heterocycles. The molecule has 0 radical (unpaired) electrons. The Balaban J connectivity index is 1.90. The second-order valence-corrected chi connectivity index (χ2v) is 5.52. The number of hydrogen-bond acceptors (Lipinski definition) is 3. The van der Waals surface area contributed by atoms with Crippen LogP contribution < -0.4 is 5.32 Å². The lowest BCUT2D eigenvalue weighted by Gasteiger charge is -2.36. The summed E-state index contributed by atoms with van der Waals surface area (Å²) < 4.78 is 11.3. The Morgan fingerprint density at radius 2 is 1.94 bits per heavy atom. The minimum Gasteiger partial charge on any atom is -0.349 e. The molecule has 18 heavy (non-hydrogen) atoms. The van der Waals surface area contributed by atoms with Crippen LogP contribution in [0.2, 0.25) is 0 Å². The molecule has 1 fully saturated rings. The third-order valence-corrected chi connectivity index (χ3v) is 3.29. The predicted molar refractivity (Wildman–Crippen MR) is 72.5 cm³/mol. The van der Waals surface area contributed by atoms with Crippen molar-refractivity contribution < 1.29 is 9.47 Å². The number of nitrogens with one attached hydrogen (secondary N) is 1. The first-order chi connectivity index (χ1) is 8.46. The van der Waals surface area contributed by atoms with E-state index >= 15 is 0 Å². The molecule has 0 aliphatic carbocycles. The Bertz CT molecular complexity index is 393. The van der Waals surface area contributed by atoms with Crippen molar-refractivity contribution in [1.82, 2.24) is 5.32 Å². The normalized spacial score (nSPS) is 21.8. The van der Waals surface area contributed by atoms with Crippen LogP contribution in [0.5, 0.6) is 0 Å². The Morgan fingerprint density at radius 3 is 2.56 bits per heavy atom. The molecule has 0 unspecified atom stereocenters. The minimum atomic E-state index is -0.440. The maximum absolute atomic E-state index is 5.65. The predicted octanol–water partition coefficient (Wildman–Crippen LogP) is 2.80. The molecule has 1 aromatic rings. The highest BCUT2D eigenvalue weighted by Gasteiger charge is 2.28. The van der Waals surface area contributed by atoms with E-state index in [9.17, 15) is 0 Å². The highest BCUT2D eigenvalue weighted by molar-refractivity contribution is 5.24. The monoisotopic (exact) mass is 249 g/mol. The highest BCUT2D eigenvalue weighted by Crippen LogP contribution is 2.20. The number of hydrogen-bond donors (Lipinski definition) is 1. The van der Waals surface area contributed by atoms with E-state index in [1.165, 1.54) is 11.1 Å². The zero-order valence-electron chi connectivity index (χ0n) is 11.7. The third kappa shape index (κ3) is 3.55. The molecular formula is C15H23NO2. The molecule has 3 heteroatoms. The van der Waals surface area contributed by atoms with Gasteiger partial charge in [-0.25, -0.2) is 0 Å². The van der Waals surface area contributed by atoms with Crippen molar-refractivity contribution in [1.29, 1.82) is 0 Å². The van der Waals surface area contributed by atoms with E-state index in [-0.39, 0.29) is 6.04 Å². The lowest BCUT2D eigenvalue weighted by Crippen LogP contribution is -2.49. The second kappa shape index (κ2) is 5.39. The van der Waals surface area contributed by atoms with Gasteiger partial charge in [0.25, 0.3) is 0 Å². The molecule has 1 aromatic carbocycles. The van der Waals surface area contributed by atoms with Gasteiger partial charge in [-0.1, -0.05) is 29.8 Å². The van der Waals surface area contributed by atoms with Crippen molar-refractivity contribution >= 4 is 0 Å². The van der Waals surface area contributed by atoms with E-state index in [0.29, 0.717) is 19.3 Å². The fourth-order valence-electron chi connectivity index (χ4n) is 2.18. The van der Waals surface area contributed by atoms with Crippen LogP contribution in [0.1, 0.15) is 37.9 Å². The van der Waals surface area contributed by atoms with Gasteiger partial charge in [-0.15, -0.1) is 0 Å². The van der Waals surface area contributed by atoms with Crippen LogP contribution in [-0.2, 0) is 9.47 Å². The van der Waals surface area contributed by atoms with Crippen LogP contribution in [0.25, 0.3) is 0 Å². The summed E-state index contributed by atoms with van der Waals surface area (Å²) in [6.07, 6.45) is 0. The second-order valence-electron chi connectivity index (χ2n) is 5.52. The van der Waals surface area contributed by atoms with Gasteiger partial charge in [-0.05, 0) is 33.3 Å². The number of benzene rings is 1. The van der Waals surface area contributed by atoms with E-state index < -0.39 is 5.79 Å². The van der Waals surface area contributed by atoms with Gasteiger partial charge in [0.1, 0.15) is 0 Å². The lowest BCUT2D eigenvalue weighted by atomic mass is 10.0. The first-order valence-electron chi connectivity index (χ1n) is 6.57. The van der Waals surface area contributed by atoms with Crippen LogP contribution in [0.4, 0.5) is 0 Å². The van der Waals surface area contributed by atoms with E-state index in [2.05, 4.69) is 43.4 Å². The van der Waals surface area contributed by atoms with Gasteiger partial charge in [-0.3, -0.25) is 0 Å². The van der Waals surface area contributed by atoms with E-state index in [0.717, 1.165) is 0 Å². The fourth-order valence-corrected chi connectivity index (χ4v) is 2.18. The maximum atomic E-state index is 5.65. The van der Waals surface area contributed by atoms with Crippen LogP contribution in [-0.4, -0.2) is 25.0 Å². The largest absolute Gasteiger partial charge is 0.349 e. The number of aryl methyl sites for hydroxylation is 1. The summed E-state index contributed by atoms with van der Waals surface area (Å²) in [5.41, 5.74) is 2.60. The van der Waals surface area contributed by atoms with Gasteiger partial charge in [0.2, 0.25) is 0 Å². The molecule has 2 rings (SSSR count). The molecule has 1 atom stereocenters. The van der Waals surface area contributed by atoms with Crippen LogP contribution in [0, 0.1) is 6.92 Å². The fraction of sp³-hybridized carbons (Fsp3) is 0.600. The summed E-state index contributed by atoms with van der Waals surface area (Å²) in [6, 6.07) is 9.15. The zero-order valence-corrected chi connectivity index (χ0v) is 11.7. The van der Waals surface area contributed by atoms with E-state index in [1.807, 2.05) is 13.8 Å². The average Bonchev–Trinajstić information content (AvgIpc) is 2.32. The van der Waals surface area contributed by atoms with Crippen molar-refractivity contribution in [2.45, 2.75) is 45.6 Å². The number of ether oxygens (including phenoxy) is 2. The van der Waals surface area contributed by atoms with E-state index in [4.69, 9.17) is 9.47 Å². The first-order valence-corrected chi connectivity index (χ1v) is 6.57. The summed E-state index contributed by atoms with van der Waals surface area (Å²) in [6.45, 7) is 9.59. The van der Waals surface area contributed by atoms with Gasteiger partial charge in [0, 0.05) is 6.04 Å². The Labute approximate surface area is 109 Å². The van der Waals surface area contributed by atoms with E-state index in [1.54, 1.807) is 0 Å². The molecule has 3 nitrogen and oxygen atoms in total. The summed E-state index contributed by atoms with van der Waals surface area (Å²) in [5.74, 6) is -0.440. The smallest absolute Gasteiger partial charge is 0.162 e. The molecule has 1 aliphatic rings. The third-order valence-electron chi connectivity index (χ3n) is 3.29. The molecule has 1 saturated heterocycles. The van der Waals surface area contributed by atoms with Gasteiger partial charge >= 0.3 is 0 Å². The quantitative estimate of drug-likeness (QED) is 0.893. The summed E-state index contributed by atoms with van der Waals surface area (Å²) in [7, 11) is 0. The molecular weight excluding hydrogens is 226 g/mol. The first kappa shape index (κ1) is 13.5. The van der Waals surface area contributed by atoms with Crippen molar-refractivity contribution in [2.75, 3.05) is 13.2 Å². The van der Waals surface area contributed by atoms with Crippen molar-refractivity contribution in [3.63, 3.8) is 0 Å². The van der Waals surface area contributed by atoms with Crippen molar-refractivity contribution in [3.8, 4) is 0 Å².